The van der Waals surface area contributed by atoms with E-state index in [0.717, 1.165) is 32.1 Å². The van der Waals surface area contributed by atoms with Crippen LogP contribution in [0.2, 0.25) is 0 Å². The second-order valence-electron chi connectivity index (χ2n) is 10.4. The zero-order valence-corrected chi connectivity index (χ0v) is 23.7. The molecule has 0 radical (unpaired) electrons. The fraction of sp³-hybridized carbons (Fsp3) is 0.441. The van der Waals surface area contributed by atoms with Crippen LogP contribution in [0.5, 0.6) is 0 Å². The van der Waals surface area contributed by atoms with Gasteiger partial charge in [-0.3, -0.25) is 4.98 Å². The highest BCUT2D eigenvalue weighted by Crippen LogP contribution is 2.42. The van der Waals surface area contributed by atoms with Gasteiger partial charge in [-0.2, -0.15) is 0 Å². The maximum absolute atomic E-state index is 10.7. The van der Waals surface area contributed by atoms with Crippen LogP contribution in [-0.4, -0.2) is 15.7 Å². The van der Waals surface area contributed by atoms with Gasteiger partial charge in [0.2, 0.25) is 0 Å². The standard InChI is InChI=1S/C34H45NO/c1-9-27-21-29(23-35-22-27)32-25(7)19-31(20-26(32)8)34(12-4,13-5)30-15-14-28(24(6)18-30)16-17-33(36,10-2)11-3/h14-23,36H,9-13H2,1-8H3. The van der Waals surface area contributed by atoms with Crippen molar-refractivity contribution in [1.82, 2.24) is 4.98 Å². The number of rotatable bonds is 10. The maximum atomic E-state index is 10.7. The predicted molar refractivity (Wildman–Crippen MR) is 156 cm³/mol. The number of hydrogen-bond acceptors (Lipinski definition) is 2. The van der Waals surface area contributed by atoms with Crippen molar-refractivity contribution in [2.24, 2.45) is 0 Å². The topological polar surface area (TPSA) is 33.1 Å². The molecular weight excluding hydrogens is 438 g/mol. The average Bonchev–Trinajstić information content (AvgIpc) is 2.89. The lowest BCUT2D eigenvalue weighted by atomic mass is 9.69. The normalized spacial score (nSPS) is 12.5. The van der Waals surface area contributed by atoms with Crippen molar-refractivity contribution < 1.29 is 5.11 Å². The van der Waals surface area contributed by atoms with E-state index in [0.29, 0.717) is 0 Å². The minimum atomic E-state index is -0.731. The molecule has 0 spiro atoms. The fourth-order valence-corrected chi connectivity index (χ4v) is 5.64. The van der Waals surface area contributed by atoms with Crippen LogP contribution in [0.1, 0.15) is 99.2 Å². The Morgan fingerprint density at radius 1 is 0.750 bits per heavy atom. The molecule has 0 aliphatic heterocycles. The van der Waals surface area contributed by atoms with Crippen LogP contribution in [0.4, 0.5) is 0 Å². The van der Waals surface area contributed by atoms with E-state index in [1.165, 1.54) is 50.1 Å². The quantitative estimate of drug-likeness (QED) is 0.312. The van der Waals surface area contributed by atoms with Gasteiger partial charge in [0.1, 0.15) is 0 Å². The molecule has 3 rings (SSSR count). The zero-order chi connectivity index (χ0) is 26.5. The molecule has 1 N–H and O–H groups in total. The Balaban J connectivity index is 2.07. The summed E-state index contributed by atoms with van der Waals surface area (Å²) >= 11 is 0. The highest BCUT2D eigenvalue weighted by atomic mass is 16.3. The Hall–Kier alpha value is -2.71. The monoisotopic (exact) mass is 483 g/mol. The maximum Gasteiger partial charge on any atom is 0.0825 e. The molecule has 1 aromatic heterocycles. The van der Waals surface area contributed by atoms with E-state index in [1.54, 1.807) is 0 Å². The van der Waals surface area contributed by atoms with Gasteiger partial charge in [-0.05, 0) is 103 Å². The summed E-state index contributed by atoms with van der Waals surface area (Å²) in [4.78, 5) is 4.50. The number of benzene rings is 2. The number of nitrogens with zero attached hydrogens (tertiary/aromatic N) is 1. The third kappa shape index (κ3) is 5.49. The van der Waals surface area contributed by atoms with E-state index in [2.05, 4.69) is 89.0 Å². The van der Waals surface area contributed by atoms with Gasteiger partial charge in [-0.25, -0.2) is 0 Å². The number of hydrogen-bond donors (Lipinski definition) is 1. The first-order valence-electron chi connectivity index (χ1n) is 13.8. The lowest BCUT2D eigenvalue weighted by Crippen LogP contribution is -2.26. The van der Waals surface area contributed by atoms with Crippen LogP contribution >= 0.6 is 0 Å². The Kier molecular flexibility index (Phi) is 8.95. The second kappa shape index (κ2) is 11.6. The van der Waals surface area contributed by atoms with Crippen LogP contribution in [-0.2, 0) is 11.8 Å². The van der Waals surface area contributed by atoms with Crippen LogP contribution in [0.25, 0.3) is 17.2 Å². The summed E-state index contributed by atoms with van der Waals surface area (Å²) in [6.45, 7) is 17.5. The molecule has 0 amide bonds. The Bertz CT molecular complexity index is 1190. The molecule has 0 aliphatic carbocycles. The lowest BCUT2D eigenvalue weighted by molar-refractivity contribution is 0.0836. The minimum absolute atomic E-state index is 0.0435. The summed E-state index contributed by atoms with van der Waals surface area (Å²) in [6, 6.07) is 14.0. The number of aliphatic hydroxyl groups is 1. The SMILES string of the molecule is CCc1cncc(-c2c(C)cc(C(CC)(CC)c3ccc(C=CC(O)(CC)CC)c(C)c3)cc2C)c1. The van der Waals surface area contributed by atoms with Gasteiger partial charge in [0.25, 0.3) is 0 Å². The van der Waals surface area contributed by atoms with Crippen LogP contribution in [0, 0.1) is 20.8 Å². The number of aryl methyl sites for hydroxylation is 4. The van der Waals surface area contributed by atoms with Gasteiger partial charge < -0.3 is 5.11 Å². The first-order valence-corrected chi connectivity index (χ1v) is 13.8. The van der Waals surface area contributed by atoms with Crippen LogP contribution < -0.4 is 0 Å². The molecule has 0 bridgehead atoms. The van der Waals surface area contributed by atoms with E-state index in [-0.39, 0.29) is 5.41 Å². The molecule has 36 heavy (non-hydrogen) atoms. The smallest absolute Gasteiger partial charge is 0.0825 e. The molecule has 2 aromatic carbocycles. The Morgan fingerprint density at radius 2 is 1.36 bits per heavy atom. The van der Waals surface area contributed by atoms with E-state index in [9.17, 15) is 5.11 Å². The molecule has 2 nitrogen and oxygen atoms in total. The molecule has 0 saturated heterocycles. The second-order valence-corrected chi connectivity index (χ2v) is 10.4. The van der Waals surface area contributed by atoms with Crippen LogP contribution in [0.15, 0.2) is 54.9 Å². The van der Waals surface area contributed by atoms with Crippen LogP contribution in [0.3, 0.4) is 0 Å². The minimum Gasteiger partial charge on any atom is -0.386 e. The summed E-state index contributed by atoms with van der Waals surface area (Å²) in [6.07, 6.45) is 12.5. The van der Waals surface area contributed by atoms with Crippen molar-refractivity contribution in [2.75, 3.05) is 0 Å². The first-order chi connectivity index (χ1) is 17.2. The first kappa shape index (κ1) is 27.9. The zero-order valence-electron chi connectivity index (χ0n) is 23.7. The van der Waals surface area contributed by atoms with Gasteiger partial charge in [-0.1, -0.05) is 77.1 Å². The Morgan fingerprint density at radius 3 is 1.89 bits per heavy atom. The molecule has 0 saturated carbocycles. The van der Waals surface area contributed by atoms with Crippen molar-refractivity contribution in [3.63, 3.8) is 0 Å². The molecular formula is C34H45NO. The highest BCUT2D eigenvalue weighted by molar-refractivity contribution is 5.72. The third-order valence-corrected chi connectivity index (χ3v) is 8.40. The van der Waals surface area contributed by atoms with Gasteiger partial charge in [0.05, 0.1) is 5.60 Å². The summed E-state index contributed by atoms with van der Waals surface area (Å²) in [7, 11) is 0. The summed E-state index contributed by atoms with van der Waals surface area (Å²) < 4.78 is 0. The fourth-order valence-electron chi connectivity index (χ4n) is 5.64. The molecule has 0 aliphatic rings. The molecule has 0 unspecified atom stereocenters. The van der Waals surface area contributed by atoms with Crippen molar-refractivity contribution in [3.8, 4) is 11.1 Å². The largest absolute Gasteiger partial charge is 0.386 e. The van der Waals surface area contributed by atoms with E-state index >= 15 is 0 Å². The van der Waals surface area contributed by atoms with Crippen molar-refractivity contribution in [3.05, 3.63) is 93.8 Å². The van der Waals surface area contributed by atoms with E-state index < -0.39 is 5.60 Å². The molecule has 192 valence electrons. The highest BCUT2D eigenvalue weighted by Gasteiger charge is 2.32. The predicted octanol–water partition coefficient (Wildman–Crippen LogP) is 8.91. The summed E-state index contributed by atoms with van der Waals surface area (Å²) in [5.74, 6) is 0. The van der Waals surface area contributed by atoms with Gasteiger partial charge in [0.15, 0.2) is 0 Å². The molecule has 1 heterocycles. The molecule has 0 atom stereocenters. The average molecular weight is 484 g/mol. The van der Waals surface area contributed by atoms with E-state index in [4.69, 9.17) is 0 Å². The van der Waals surface area contributed by atoms with Gasteiger partial charge >= 0.3 is 0 Å². The molecule has 2 heteroatoms. The van der Waals surface area contributed by atoms with Gasteiger partial charge in [-0.15, -0.1) is 0 Å². The summed E-state index contributed by atoms with van der Waals surface area (Å²) in [5.41, 5.74) is 10.8. The number of aromatic nitrogens is 1. The number of pyridine rings is 1. The van der Waals surface area contributed by atoms with Crippen molar-refractivity contribution in [2.45, 2.75) is 98.5 Å². The molecule has 3 aromatic rings. The lowest BCUT2D eigenvalue weighted by Gasteiger charge is -2.35. The molecule has 0 fully saturated rings. The van der Waals surface area contributed by atoms with Crippen molar-refractivity contribution in [1.29, 1.82) is 0 Å². The van der Waals surface area contributed by atoms with Gasteiger partial charge in [0, 0.05) is 23.4 Å². The Labute approximate surface area is 219 Å². The van der Waals surface area contributed by atoms with E-state index in [1.807, 2.05) is 32.3 Å². The van der Waals surface area contributed by atoms with Crippen molar-refractivity contribution >= 4 is 6.08 Å². The third-order valence-electron chi connectivity index (χ3n) is 8.40. The summed E-state index contributed by atoms with van der Waals surface area (Å²) in [5, 5.41) is 10.7.